The van der Waals surface area contributed by atoms with Crippen LogP contribution in [0.5, 0.6) is 0 Å². The van der Waals surface area contributed by atoms with E-state index in [4.69, 9.17) is 5.11 Å². The van der Waals surface area contributed by atoms with Crippen molar-refractivity contribution >= 4 is 0 Å². The highest BCUT2D eigenvalue weighted by Crippen LogP contribution is 2.45. The van der Waals surface area contributed by atoms with Gasteiger partial charge in [0.15, 0.2) is 0 Å². The van der Waals surface area contributed by atoms with Crippen LogP contribution >= 0.6 is 0 Å². The van der Waals surface area contributed by atoms with Crippen molar-refractivity contribution in [3.8, 4) is 0 Å². The lowest BCUT2D eigenvalue weighted by Gasteiger charge is -2.07. The van der Waals surface area contributed by atoms with Crippen molar-refractivity contribution in [3.05, 3.63) is 12.2 Å². The summed E-state index contributed by atoms with van der Waals surface area (Å²) in [5.41, 5.74) is 0. The molecule has 8 heavy (non-hydrogen) atoms. The number of allylic oxidation sites excluding steroid dienone is 1. The van der Waals surface area contributed by atoms with Crippen LogP contribution in [0.3, 0.4) is 0 Å². The first kappa shape index (κ1) is 4.57. The van der Waals surface area contributed by atoms with Crippen molar-refractivity contribution in [2.45, 2.75) is 18.9 Å². The van der Waals surface area contributed by atoms with E-state index in [1.54, 1.807) is 0 Å². The Balaban J connectivity index is 2.11. The SMILES string of the molecule is O[C@H]1C=C[C@H]2C[C@H]2C1. The number of fused-ring (bicyclic) bond motifs is 1. The number of rotatable bonds is 0. The van der Waals surface area contributed by atoms with Crippen LogP contribution in [0.25, 0.3) is 0 Å². The lowest BCUT2D eigenvalue weighted by Crippen LogP contribution is -2.06. The summed E-state index contributed by atoms with van der Waals surface area (Å²) in [6, 6.07) is 0. The van der Waals surface area contributed by atoms with E-state index in [2.05, 4.69) is 6.08 Å². The zero-order valence-corrected chi connectivity index (χ0v) is 4.75. The third-order valence-corrected chi connectivity index (χ3v) is 2.10. The first-order valence-corrected chi connectivity index (χ1v) is 3.22. The smallest absolute Gasteiger partial charge is 0.0723 e. The minimum atomic E-state index is -0.126. The molecule has 0 spiro atoms. The third-order valence-electron chi connectivity index (χ3n) is 2.10. The van der Waals surface area contributed by atoms with Crippen LogP contribution in [-0.2, 0) is 0 Å². The highest BCUT2D eigenvalue weighted by atomic mass is 16.3. The minimum absolute atomic E-state index is 0.126. The lowest BCUT2D eigenvalue weighted by atomic mass is 10.1. The molecule has 1 fully saturated rings. The van der Waals surface area contributed by atoms with Gasteiger partial charge in [-0.1, -0.05) is 12.2 Å². The standard InChI is InChI=1S/C7H10O/c8-7-2-1-5-3-6(5)4-7/h1-2,5-8H,3-4H2/t5-,6-,7-/m0/s1. The lowest BCUT2D eigenvalue weighted by molar-refractivity contribution is 0.198. The minimum Gasteiger partial charge on any atom is -0.389 e. The van der Waals surface area contributed by atoms with Crippen LogP contribution in [-0.4, -0.2) is 11.2 Å². The Bertz CT molecular complexity index is 128. The van der Waals surface area contributed by atoms with Gasteiger partial charge in [-0.05, 0) is 24.7 Å². The van der Waals surface area contributed by atoms with Gasteiger partial charge < -0.3 is 5.11 Å². The van der Waals surface area contributed by atoms with E-state index in [9.17, 15) is 0 Å². The van der Waals surface area contributed by atoms with E-state index < -0.39 is 0 Å². The van der Waals surface area contributed by atoms with Crippen molar-refractivity contribution < 1.29 is 5.11 Å². The van der Waals surface area contributed by atoms with Crippen LogP contribution in [0.15, 0.2) is 12.2 Å². The second-order valence-electron chi connectivity index (χ2n) is 2.85. The maximum absolute atomic E-state index is 9.02. The van der Waals surface area contributed by atoms with Gasteiger partial charge in [-0.15, -0.1) is 0 Å². The van der Waals surface area contributed by atoms with Gasteiger partial charge in [-0.2, -0.15) is 0 Å². The zero-order valence-electron chi connectivity index (χ0n) is 4.75. The molecule has 2 aliphatic rings. The summed E-state index contributed by atoms with van der Waals surface area (Å²) < 4.78 is 0. The fraction of sp³-hybridized carbons (Fsp3) is 0.714. The predicted molar refractivity (Wildman–Crippen MR) is 31.4 cm³/mol. The molecule has 1 N–H and O–H groups in total. The second-order valence-corrected chi connectivity index (χ2v) is 2.85. The molecule has 3 atom stereocenters. The first-order chi connectivity index (χ1) is 3.86. The van der Waals surface area contributed by atoms with E-state index in [1.165, 1.54) is 6.42 Å². The van der Waals surface area contributed by atoms with Gasteiger partial charge in [-0.3, -0.25) is 0 Å². The van der Waals surface area contributed by atoms with E-state index in [0.717, 1.165) is 18.3 Å². The Morgan fingerprint density at radius 3 is 2.75 bits per heavy atom. The molecular weight excluding hydrogens is 100 g/mol. The normalized spacial score (nSPS) is 50.9. The average Bonchev–Trinajstić information content (AvgIpc) is 2.43. The Hall–Kier alpha value is -0.300. The van der Waals surface area contributed by atoms with Crippen molar-refractivity contribution in [1.29, 1.82) is 0 Å². The van der Waals surface area contributed by atoms with E-state index in [0.29, 0.717) is 0 Å². The highest BCUT2D eigenvalue weighted by molar-refractivity contribution is 5.10. The van der Waals surface area contributed by atoms with Crippen molar-refractivity contribution in [2.24, 2.45) is 11.8 Å². The maximum atomic E-state index is 9.02. The summed E-state index contributed by atoms with van der Waals surface area (Å²) in [4.78, 5) is 0. The van der Waals surface area contributed by atoms with Crippen LogP contribution < -0.4 is 0 Å². The molecule has 0 unspecified atom stereocenters. The van der Waals surface area contributed by atoms with E-state index >= 15 is 0 Å². The summed E-state index contributed by atoms with van der Waals surface area (Å²) >= 11 is 0. The number of aliphatic hydroxyl groups is 1. The molecule has 0 heterocycles. The molecule has 0 bridgehead atoms. The second kappa shape index (κ2) is 1.35. The van der Waals surface area contributed by atoms with Crippen LogP contribution in [0, 0.1) is 11.8 Å². The molecule has 1 saturated carbocycles. The number of hydrogen-bond acceptors (Lipinski definition) is 1. The summed E-state index contributed by atoms with van der Waals surface area (Å²) in [7, 11) is 0. The van der Waals surface area contributed by atoms with Crippen LogP contribution in [0.1, 0.15) is 12.8 Å². The fourth-order valence-electron chi connectivity index (χ4n) is 1.44. The van der Waals surface area contributed by atoms with Gasteiger partial charge in [0.2, 0.25) is 0 Å². The third kappa shape index (κ3) is 0.583. The van der Waals surface area contributed by atoms with Crippen LogP contribution in [0.4, 0.5) is 0 Å². The maximum Gasteiger partial charge on any atom is 0.0723 e. The van der Waals surface area contributed by atoms with Gasteiger partial charge in [0.25, 0.3) is 0 Å². The molecule has 1 nitrogen and oxygen atoms in total. The average molecular weight is 110 g/mol. The van der Waals surface area contributed by atoms with Crippen molar-refractivity contribution in [3.63, 3.8) is 0 Å². The zero-order chi connectivity index (χ0) is 5.56. The molecule has 0 radical (unpaired) electrons. The molecule has 0 aromatic rings. The summed E-state index contributed by atoms with van der Waals surface area (Å²) in [6.07, 6.45) is 6.29. The first-order valence-electron chi connectivity index (χ1n) is 3.22. The van der Waals surface area contributed by atoms with Gasteiger partial charge in [-0.25, -0.2) is 0 Å². The van der Waals surface area contributed by atoms with Gasteiger partial charge in [0.05, 0.1) is 6.10 Å². The van der Waals surface area contributed by atoms with Gasteiger partial charge in [0, 0.05) is 0 Å². The Morgan fingerprint density at radius 2 is 2.12 bits per heavy atom. The fourth-order valence-corrected chi connectivity index (χ4v) is 1.44. The topological polar surface area (TPSA) is 20.2 Å². The predicted octanol–water partition coefficient (Wildman–Crippen LogP) is 0.943. The molecule has 44 valence electrons. The molecule has 1 heteroatoms. The molecule has 2 rings (SSSR count). The summed E-state index contributed by atoms with van der Waals surface area (Å²) in [6.45, 7) is 0. The van der Waals surface area contributed by atoms with Gasteiger partial charge >= 0.3 is 0 Å². The molecule has 2 aliphatic carbocycles. The van der Waals surface area contributed by atoms with E-state index in [1.807, 2.05) is 6.08 Å². The van der Waals surface area contributed by atoms with Gasteiger partial charge in [0.1, 0.15) is 0 Å². The molecule has 0 aliphatic heterocycles. The Morgan fingerprint density at radius 1 is 1.25 bits per heavy atom. The molecular formula is C7H10O. The molecule has 0 amide bonds. The summed E-state index contributed by atoms with van der Waals surface area (Å²) in [5.74, 6) is 1.69. The largest absolute Gasteiger partial charge is 0.389 e. The quantitative estimate of drug-likeness (QED) is 0.460. The molecule has 0 aromatic heterocycles. The molecule has 0 saturated heterocycles. The van der Waals surface area contributed by atoms with Crippen LogP contribution in [0.2, 0.25) is 0 Å². The van der Waals surface area contributed by atoms with E-state index in [-0.39, 0.29) is 6.10 Å². The highest BCUT2D eigenvalue weighted by Gasteiger charge is 2.38. The summed E-state index contributed by atoms with van der Waals surface area (Å²) in [5, 5.41) is 9.02. The van der Waals surface area contributed by atoms with Crippen molar-refractivity contribution in [1.82, 2.24) is 0 Å². The number of aliphatic hydroxyl groups excluding tert-OH is 1. The Labute approximate surface area is 49.0 Å². The Kier molecular flexibility index (Phi) is 0.770. The number of hydrogen-bond donors (Lipinski definition) is 1. The monoisotopic (exact) mass is 110 g/mol. The van der Waals surface area contributed by atoms with Crippen molar-refractivity contribution in [2.75, 3.05) is 0 Å². The molecule has 0 aromatic carbocycles.